The molecular formula is C18H22N2O3. The zero-order valence-corrected chi connectivity index (χ0v) is 13.2. The number of likely N-dealkylation sites (N-methyl/N-ethyl adjacent to an activating group) is 1. The monoisotopic (exact) mass is 314 g/mol. The Kier molecular flexibility index (Phi) is 6.44. The van der Waals surface area contributed by atoms with Crippen LogP contribution in [0, 0.1) is 0 Å². The van der Waals surface area contributed by atoms with Crippen LogP contribution in [0.4, 0.5) is 11.4 Å². The number of nitrogens with zero attached hydrogens (tertiary/aromatic N) is 1. The molecule has 0 heterocycles. The maximum absolute atomic E-state index is 12.2. The highest BCUT2D eigenvalue weighted by Crippen LogP contribution is 2.16. The van der Waals surface area contributed by atoms with Gasteiger partial charge >= 0.3 is 0 Å². The molecule has 2 aromatic rings. The van der Waals surface area contributed by atoms with E-state index >= 15 is 0 Å². The van der Waals surface area contributed by atoms with Crippen LogP contribution >= 0.6 is 0 Å². The number of aliphatic hydroxyl groups excluding tert-OH is 1. The van der Waals surface area contributed by atoms with Crippen molar-refractivity contribution in [2.45, 2.75) is 6.92 Å². The molecule has 2 rings (SSSR count). The molecule has 122 valence electrons. The van der Waals surface area contributed by atoms with Gasteiger partial charge in [0, 0.05) is 17.9 Å². The molecule has 0 aliphatic rings. The van der Waals surface area contributed by atoms with Crippen molar-refractivity contribution in [2.75, 3.05) is 36.5 Å². The number of benzene rings is 2. The summed E-state index contributed by atoms with van der Waals surface area (Å²) in [5.41, 5.74) is 1.74. The normalized spacial score (nSPS) is 10.2. The third kappa shape index (κ3) is 5.30. The molecule has 2 N–H and O–H groups in total. The number of rotatable bonds is 8. The predicted octanol–water partition coefficient (Wildman–Crippen LogP) is 2.52. The van der Waals surface area contributed by atoms with Gasteiger partial charge in [0.05, 0.1) is 13.2 Å². The van der Waals surface area contributed by atoms with E-state index in [-0.39, 0.29) is 19.1 Å². The lowest BCUT2D eigenvalue weighted by atomic mass is 10.2. The standard InChI is InChI=1S/C18H22N2O3/c1-2-20(16-6-4-3-5-7-16)14-18(22)19-15-8-10-17(11-9-15)23-13-12-21/h3-11,21H,2,12-14H2,1H3,(H,19,22). The lowest BCUT2D eigenvalue weighted by molar-refractivity contribution is -0.115. The largest absolute Gasteiger partial charge is 0.491 e. The Morgan fingerprint density at radius 3 is 2.43 bits per heavy atom. The van der Waals surface area contributed by atoms with E-state index in [0.29, 0.717) is 12.3 Å². The molecule has 2 aromatic carbocycles. The molecule has 0 aliphatic carbocycles. The number of hydrogen-bond donors (Lipinski definition) is 2. The van der Waals surface area contributed by atoms with Crippen LogP contribution in [-0.4, -0.2) is 37.3 Å². The van der Waals surface area contributed by atoms with Crippen molar-refractivity contribution >= 4 is 17.3 Å². The summed E-state index contributed by atoms with van der Waals surface area (Å²) in [5.74, 6) is 0.594. The Morgan fingerprint density at radius 2 is 1.83 bits per heavy atom. The molecule has 1 amide bonds. The summed E-state index contributed by atoms with van der Waals surface area (Å²) in [5, 5.41) is 11.6. The predicted molar refractivity (Wildman–Crippen MR) is 92.0 cm³/mol. The van der Waals surface area contributed by atoms with Crippen molar-refractivity contribution in [1.29, 1.82) is 0 Å². The van der Waals surface area contributed by atoms with Crippen LogP contribution in [0.25, 0.3) is 0 Å². The molecule has 0 fully saturated rings. The van der Waals surface area contributed by atoms with Gasteiger partial charge in [-0.05, 0) is 43.3 Å². The topological polar surface area (TPSA) is 61.8 Å². The second kappa shape index (κ2) is 8.80. The molecule has 0 atom stereocenters. The van der Waals surface area contributed by atoms with E-state index in [0.717, 1.165) is 17.9 Å². The number of aliphatic hydroxyl groups is 1. The van der Waals surface area contributed by atoms with Gasteiger partial charge in [0.15, 0.2) is 0 Å². The quantitative estimate of drug-likeness (QED) is 0.786. The van der Waals surface area contributed by atoms with Crippen molar-refractivity contribution in [3.63, 3.8) is 0 Å². The van der Waals surface area contributed by atoms with Gasteiger partial charge in [-0.25, -0.2) is 0 Å². The Hall–Kier alpha value is -2.53. The second-order valence-electron chi connectivity index (χ2n) is 4.99. The SMILES string of the molecule is CCN(CC(=O)Nc1ccc(OCCO)cc1)c1ccccc1. The third-order valence-corrected chi connectivity index (χ3v) is 3.34. The minimum Gasteiger partial charge on any atom is -0.491 e. The molecule has 0 aromatic heterocycles. The van der Waals surface area contributed by atoms with Crippen LogP contribution in [0.3, 0.4) is 0 Å². The highest BCUT2D eigenvalue weighted by molar-refractivity contribution is 5.94. The lowest BCUT2D eigenvalue weighted by Crippen LogP contribution is -2.33. The second-order valence-corrected chi connectivity index (χ2v) is 4.99. The molecule has 0 saturated carbocycles. The number of carbonyl (C=O) groups excluding carboxylic acids is 1. The first-order valence-corrected chi connectivity index (χ1v) is 7.66. The van der Waals surface area contributed by atoms with Crippen molar-refractivity contribution < 1.29 is 14.6 Å². The first-order valence-electron chi connectivity index (χ1n) is 7.66. The van der Waals surface area contributed by atoms with Crippen molar-refractivity contribution in [3.8, 4) is 5.75 Å². The zero-order valence-electron chi connectivity index (χ0n) is 13.2. The fraction of sp³-hybridized carbons (Fsp3) is 0.278. The minimum absolute atomic E-state index is 0.0230. The van der Waals surface area contributed by atoms with E-state index in [1.165, 1.54) is 0 Å². The number of carbonyl (C=O) groups is 1. The van der Waals surface area contributed by atoms with E-state index in [1.807, 2.05) is 42.2 Å². The third-order valence-electron chi connectivity index (χ3n) is 3.34. The molecule has 23 heavy (non-hydrogen) atoms. The highest BCUT2D eigenvalue weighted by Gasteiger charge is 2.10. The van der Waals surface area contributed by atoms with Gasteiger partial charge in [0.25, 0.3) is 0 Å². The molecule has 0 aliphatic heterocycles. The van der Waals surface area contributed by atoms with E-state index in [4.69, 9.17) is 9.84 Å². The summed E-state index contributed by atoms with van der Waals surface area (Å²) in [7, 11) is 0. The average molecular weight is 314 g/mol. The summed E-state index contributed by atoms with van der Waals surface area (Å²) < 4.78 is 5.28. The van der Waals surface area contributed by atoms with Crippen molar-refractivity contribution in [2.24, 2.45) is 0 Å². The van der Waals surface area contributed by atoms with Gasteiger partial charge in [-0.15, -0.1) is 0 Å². The Labute approximate surface area is 136 Å². The molecule has 0 spiro atoms. The molecule has 0 bridgehead atoms. The van der Waals surface area contributed by atoms with Crippen molar-refractivity contribution in [1.82, 2.24) is 0 Å². The number of ether oxygens (including phenoxy) is 1. The zero-order chi connectivity index (χ0) is 16.5. The van der Waals surface area contributed by atoms with Crippen LogP contribution in [0.2, 0.25) is 0 Å². The van der Waals surface area contributed by atoms with Crippen LogP contribution in [-0.2, 0) is 4.79 Å². The Morgan fingerprint density at radius 1 is 1.13 bits per heavy atom. The van der Waals surface area contributed by atoms with Gasteiger partial charge in [-0.2, -0.15) is 0 Å². The smallest absolute Gasteiger partial charge is 0.243 e. The molecule has 0 saturated heterocycles. The molecule has 0 unspecified atom stereocenters. The first-order chi connectivity index (χ1) is 11.2. The van der Waals surface area contributed by atoms with Crippen LogP contribution < -0.4 is 15.0 Å². The van der Waals surface area contributed by atoms with E-state index in [9.17, 15) is 4.79 Å². The Bertz CT molecular complexity index is 599. The lowest BCUT2D eigenvalue weighted by Gasteiger charge is -2.22. The number of amides is 1. The fourth-order valence-corrected chi connectivity index (χ4v) is 2.20. The molecular weight excluding hydrogens is 292 g/mol. The fourth-order valence-electron chi connectivity index (χ4n) is 2.20. The summed E-state index contributed by atoms with van der Waals surface area (Å²) in [6, 6.07) is 16.9. The average Bonchev–Trinajstić information content (AvgIpc) is 2.60. The molecule has 5 heteroatoms. The maximum atomic E-state index is 12.2. The van der Waals surface area contributed by atoms with Crippen molar-refractivity contribution in [3.05, 3.63) is 54.6 Å². The molecule has 0 radical (unpaired) electrons. The highest BCUT2D eigenvalue weighted by atomic mass is 16.5. The van der Waals surface area contributed by atoms with Gasteiger partial charge in [-0.3, -0.25) is 4.79 Å². The number of para-hydroxylation sites is 1. The Balaban J connectivity index is 1.91. The number of anilines is 2. The van der Waals surface area contributed by atoms with Gasteiger partial charge in [0.1, 0.15) is 12.4 Å². The summed E-state index contributed by atoms with van der Waals surface area (Å²) in [6.07, 6.45) is 0. The first kappa shape index (κ1) is 16.8. The van der Waals surface area contributed by atoms with Crippen LogP contribution in [0.15, 0.2) is 54.6 Å². The van der Waals surface area contributed by atoms with Gasteiger partial charge in [0.2, 0.25) is 5.91 Å². The maximum Gasteiger partial charge on any atom is 0.243 e. The van der Waals surface area contributed by atoms with E-state index < -0.39 is 0 Å². The minimum atomic E-state index is -0.0697. The summed E-state index contributed by atoms with van der Waals surface area (Å²) in [6.45, 7) is 3.31. The summed E-state index contributed by atoms with van der Waals surface area (Å²) in [4.78, 5) is 14.2. The number of hydrogen-bond acceptors (Lipinski definition) is 4. The number of nitrogens with one attached hydrogen (secondary N) is 1. The molecule has 5 nitrogen and oxygen atoms in total. The van der Waals surface area contributed by atoms with Gasteiger partial charge < -0.3 is 20.1 Å². The van der Waals surface area contributed by atoms with E-state index in [2.05, 4.69) is 5.32 Å². The van der Waals surface area contributed by atoms with Gasteiger partial charge in [-0.1, -0.05) is 18.2 Å². The summed E-state index contributed by atoms with van der Waals surface area (Å²) >= 11 is 0. The van der Waals surface area contributed by atoms with Crippen LogP contribution in [0.5, 0.6) is 5.75 Å². The van der Waals surface area contributed by atoms with Crippen LogP contribution in [0.1, 0.15) is 6.92 Å². The van der Waals surface area contributed by atoms with E-state index in [1.54, 1.807) is 24.3 Å².